The highest BCUT2D eigenvalue weighted by Crippen LogP contribution is 2.30. The van der Waals surface area contributed by atoms with E-state index in [1.54, 1.807) is 0 Å². The summed E-state index contributed by atoms with van der Waals surface area (Å²) in [5.74, 6) is -0.219. The first-order chi connectivity index (χ1) is 50.6. The Morgan fingerprint density at radius 2 is 0.670 bits per heavy atom. The van der Waals surface area contributed by atoms with Gasteiger partial charge in [0.2, 0.25) is 5.91 Å². The lowest BCUT2D eigenvalue weighted by molar-refractivity contribution is -0.359. The molecule has 592 valence electrons. The molecule has 12 atom stereocenters. The van der Waals surface area contributed by atoms with Gasteiger partial charge in [-0.25, -0.2) is 0 Å². The summed E-state index contributed by atoms with van der Waals surface area (Å²) >= 11 is 0. The van der Waals surface area contributed by atoms with Crippen molar-refractivity contribution in [3.63, 3.8) is 0 Å². The first-order valence-electron chi connectivity index (χ1n) is 41.9. The van der Waals surface area contributed by atoms with Crippen LogP contribution in [0.4, 0.5) is 0 Å². The van der Waals surface area contributed by atoms with Crippen molar-refractivity contribution in [3.8, 4) is 0 Å². The van der Waals surface area contributed by atoms with Gasteiger partial charge in [-0.2, -0.15) is 0 Å². The predicted molar refractivity (Wildman–Crippen MR) is 428 cm³/mol. The Kier molecular flexibility index (Phi) is 65.7. The third kappa shape index (κ3) is 53.6. The fourth-order valence-corrected chi connectivity index (χ4v) is 13.1. The zero-order chi connectivity index (χ0) is 74.4. The van der Waals surface area contributed by atoms with Gasteiger partial charge in [-0.3, -0.25) is 4.79 Å². The maximum Gasteiger partial charge on any atom is 0.220 e. The van der Waals surface area contributed by atoms with E-state index in [-0.39, 0.29) is 18.9 Å². The van der Waals surface area contributed by atoms with Crippen molar-refractivity contribution in [1.82, 2.24) is 5.32 Å². The number of unbranched alkanes of at least 4 members (excludes halogenated alkanes) is 34. The summed E-state index contributed by atoms with van der Waals surface area (Å²) in [7, 11) is 0. The molecule has 2 aliphatic heterocycles. The summed E-state index contributed by atoms with van der Waals surface area (Å²) in [6.45, 7) is 2.77. The molecule has 0 bridgehead atoms. The average molecular weight is 1450 g/mol. The SMILES string of the molecule is CC/C=C\C/C=C\C/C=C\C/C=C\C/C=C\C/C=C\C/C=C\C/C=C\C/C=C\C/C=C\C/C=C\CCCCCCCCCC(=O)NC(COC1OC(CO)C(OC2OC(CO)C(O)C(O)C2O)C(O)C1O)C(O)CCCCCCCCCCCCCCCCCCCCCCCCCCCCCC. The minimum absolute atomic E-state index is 0.219. The van der Waals surface area contributed by atoms with E-state index in [9.17, 15) is 45.6 Å². The zero-order valence-corrected chi connectivity index (χ0v) is 65.0. The predicted octanol–water partition coefficient (Wildman–Crippen LogP) is 19.7. The van der Waals surface area contributed by atoms with Crippen molar-refractivity contribution in [2.75, 3.05) is 19.8 Å². The number of rotatable bonds is 69. The van der Waals surface area contributed by atoms with Crippen LogP contribution >= 0.6 is 0 Å². The Bertz CT molecular complexity index is 2250. The Balaban J connectivity index is 1.62. The molecule has 0 aromatic heterocycles. The number of aliphatic hydroxyl groups is 8. The van der Waals surface area contributed by atoms with Crippen LogP contribution in [0.15, 0.2) is 134 Å². The highest BCUT2D eigenvalue weighted by Gasteiger charge is 2.51. The second-order valence-electron chi connectivity index (χ2n) is 28.9. The van der Waals surface area contributed by atoms with Crippen LogP contribution in [0.2, 0.25) is 0 Å². The van der Waals surface area contributed by atoms with Crippen LogP contribution in [0.25, 0.3) is 0 Å². The van der Waals surface area contributed by atoms with Crippen molar-refractivity contribution >= 4 is 5.91 Å². The largest absolute Gasteiger partial charge is 0.394 e. The normalized spacial score (nSPS) is 22.3. The molecular formula is C89H153NO13. The molecule has 14 nitrogen and oxygen atoms in total. The molecule has 14 heteroatoms. The summed E-state index contributed by atoms with van der Waals surface area (Å²) in [5.41, 5.74) is 0. The number of nitrogens with one attached hydrogen (secondary N) is 1. The number of amides is 1. The van der Waals surface area contributed by atoms with Gasteiger partial charge in [0.15, 0.2) is 12.6 Å². The number of hydrogen-bond acceptors (Lipinski definition) is 13. The van der Waals surface area contributed by atoms with Crippen LogP contribution in [-0.4, -0.2) is 140 Å². The molecule has 2 fully saturated rings. The topological polar surface area (TPSA) is 228 Å². The molecule has 12 unspecified atom stereocenters. The van der Waals surface area contributed by atoms with Gasteiger partial charge >= 0.3 is 0 Å². The van der Waals surface area contributed by atoms with Gasteiger partial charge in [0.1, 0.15) is 48.8 Å². The summed E-state index contributed by atoms with van der Waals surface area (Å²) in [6.07, 6.45) is 89.1. The van der Waals surface area contributed by atoms with Crippen molar-refractivity contribution in [2.24, 2.45) is 0 Å². The number of carbonyl (C=O) groups excluding carboxylic acids is 1. The summed E-state index contributed by atoms with van der Waals surface area (Å²) in [4.78, 5) is 13.4. The number of ether oxygens (including phenoxy) is 4. The molecule has 2 heterocycles. The maximum absolute atomic E-state index is 13.4. The van der Waals surface area contributed by atoms with Gasteiger partial charge in [-0.1, -0.05) is 359 Å². The fourth-order valence-electron chi connectivity index (χ4n) is 13.1. The highest BCUT2D eigenvalue weighted by atomic mass is 16.7. The van der Waals surface area contributed by atoms with Gasteiger partial charge in [0.25, 0.3) is 0 Å². The van der Waals surface area contributed by atoms with E-state index in [0.717, 1.165) is 135 Å². The molecule has 0 aliphatic carbocycles. The van der Waals surface area contributed by atoms with E-state index >= 15 is 0 Å². The van der Waals surface area contributed by atoms with Gasteiger partial charge in [0, 0.05) is 6.42 Å². The van der Waals surface area contributed by atoms with E-state index in [1.807, 2.05) is 0 Å². The van der Waals surface area contributed by atoms with Crippen LogP contribution in [0.1, 0.15) is 328 Å². The second kappa shape index (κ2) is 71.1. The minimum Gasteiger partial charge on any atom is -0.394 e. The molecule has 0 saturated carbocycles. The van der Waals surface area contributed by atoms with Gasteiger partial charge in [-0.15, -0.1) is 0 Å². The third-order valence-corrected chi connectivity index (χ3v) is 19.6. The molecule has 0 aromatic carbocycles. The monoisotopic (exact) mass is 1440 g/mol. The van der Waals surface area contributed by atoms with Gasteiger partial charge in [0.05, 0.1) is 32.0 Å². The van der Waals surface area contributed by atoms with E-state index < -0.39 is 86.8 Å². The lowest BCUT2D eigenvalue weighted by Crippen LogP contribution is -2.65. The molecule has 0 aromatic rings. The van der Waals surface area contributed by atoms with Crippen molar-refractivity contribution in [3.05, 3.63) is 134 Å². The van der Waals surface area contributed by atoms with E-state index in [1.165, 1.54) is 161 Å². The number of aliphatic hydroxyl groups excluding tert-OH is 8. The molecule has 2 rings (SSSR count). The van der Waals surface area contributed by atoms with E-state index in [4.69, 9.17) is 18.9 Å². The van der Waals surface area contributed by atoms with Gasteiger partial charge < -0.3 is 65.1 Å². The smallest absolute Gasteiger partial charge is 0.220 e. The summed E-state index contributed by atoms with van der Waals surface area (Å²) in [5, 5.41) is 87.9. The summed E-state index contributed by atoms with van der Waals surface area (Å²) < 4.78 is 23.0. The molecule has 103 heavy (non-hydrogen) atoms. The molecule has 0 radical (unpaired) electrons. The summed E-state index contributed by atoms with van der Waals surface area (Å²) in [6, 6.07) is -0.847. The Labute approximate surface area is 628 Å². The van der Waals surface area contributed by atoms with Crippen molar-refractivity contribution < 1.29 is 64.6 Å². The van der Waals surface area contributed by atoms with Crippen molar-refractivity contribution in [1.29, 1.82) is 0 Å². The Hall–Kier alpha value is -3.87. The molecule has 2 aliphatic rings. The highest BCUT2D eigenvalue weighted by molar-refractivity contribution is 5.76. The van der Waals surface area contributed by atoms with E-state index in [0.29, 0.717) is 12.8 Å². The first kappa shape index (κ1) is 95.2. The minimum atomic E-state index is -1.79. The Morgan fingerprint density at radius 1 is 0.359 bits per heavy atom. The number of hydrogen-bond donors (Lipinski definition) is 9. The molecule has 1 amide bonds. The maximum atomic E-state index is 13.4. The quantitative estimate of drug-likeness (QED) is 0.0204. The lowest BCUT2D eigenvalue weighted by Gasteiger charge is -2.46. The number of allylic oxidation sites excluding steroid dienone is 22. The standard InChI is InChI=1S/C89H153NO13/c1-3-5-7-9-11-13-15-17-19-21-23-25-27-29-31-33-34-35-36-37-38-39-40-41-42-43-44-45-47-49-51-53-55-57-59-61-63-65-67-69-71-73-81(94)90-77(76-100-88-86(99)84(97)87(80(75-92)102-88)103-89-85(98)83(96)82(95)79(74-91)101-89)78(93)72-70-68-66-64-62-60-58-56-54-52-50-48-46-32-30-28-26-24-22-20-18-16-14-12-10-8-6-4-2/h5,7,11,13,17,19,23,25,29,31,34-35,37-38,40-41,43-44,47,49,53,55,77-80,82-89,91-93,95-99H,3-4,6,8-10,12,14-16,18,20-22,24,26-28,30,32-33,36,39,42,45-46,48,50-52,54,56-76H2,1-2H3,(H,90,94)/b7-5-,13-11-,19-17-,25-23-,31-29-,35-34-,38-37-,41-40-,44-43-,49-47-,55-53-. The molecule has 9 N–H and O–H groups in total. The first-order valence-corrected chi connectivity index (χ1v) is 41.9. The van der Waals surface area contributed by atoms with Crippen LogP contribution in [0.5, 0.6) is 0 Å². The van der Waals surface area contributed by atoms with Crippen LogP contribution in [0, 0.1) is 0 Å². The molecule has 0 spiro atoms. The average Bonchev–Trinajstić information content (AvgIpc) is 0.791. The second-order valence-corrected chi connectivity index (χ2v) is 28.9. The van der Waals surface area contributed by atoms with E-state index in [2.05, 4.69) is 153 Å². The fraction of sp³-hybridized carbons (Fsp3) is 0.742. The van der Waals surface area contributed by atoms with Crippen molar-refractivity contribution in [2.45, 2.75) is 402 Å². The van der Waals surface area contributed by atoms with Crippen LogP contribution in [0.3, 0.4) is 0 Å². The molecular weight excluding hydrogens is 1290 g/mol. The van der Waals surface area contributed by atoms with Gasteiger partial charge in [-0.05, 0) is 96.3 Å². The zero-order valence-electron chi connectivity index (χ0n) is 65.0. The number of carbonyl (C=O) groups is 1. The van der Waals surface area contributed by atoms with Crippen LogP contribution < -0.4 is 5.32 Å². The molecule has 2 saturated heterocycles. The Morgan fingerprint density at radius 3 is 1.03 bits per heavy atom. The van der Waals surface area contributed by atoms with Crippen LogP contribution in [-0.2, 0) is 23.7 Å². The lowest BCUT2D eigenvalue weighted by atomic mass is 9.97. The third-order valence-electron chi connectivity index (χ3n) is 19.6.